The SMILES string of the molecule is CCC(C)C(N)C(=O)N(C)C1CCOC1.Cl. The summed E-state index contributed by atoms with van der Waals surface area (Å²) in [6, 6.07) is -0.159. The van der Waals surface area contributed by atoms with E-state index in [4.69, 9.17) is 10.5 Å². The van der Waals surface area contributed by atoms with Crippen molar-refractivity contribution in [3.05, 3.63) is 0 Å². The highest BCUT2D eigenvalue weighted by Gasteiger charge is 2.29. The van der Waals surface area contributed by atoms with E-state index < -0.39 is 0 Å². The average Bonchev–Trinajstić information content (AvgIpc) is 2.78. The van der Waals surface area contributed by atoms with Crippen molar-refractivity contribution in [3.8, 4) is 0 Å². The zero-order valence-corrected chi connectivity index (χ0v) is 11.1. The zero-order chi connectivity index (χ0) is 11.4. The van der Waals surface area contributed by atoms with Crippen molar-refractivity contribution in [1.82, 2.24) is 4.90 Å². The first-order chi connectivity index (χ1) is 7.07. The van der Waals surface area contributed by atoms with Crippen molar-refractivity contribution in [3.63, 3.8) is 0 Å². The third-order valence-electron chi connectivity index (χ3n) is 3.34. The number of rotatable bonds is 4. The molecule has 16 heavy (non-hydrogen) atoms. The number of hydrogen-bond acceptors (Lipinski definition) is 3. The Labute approximate surface area is 104 Å². The summed E-state index contributed by atoms with van der Waals surface area (Å²) >= 11 is 0. The number of carbonyl (C=O) groups excluding carboxylic acids is 1. The van der Waals surface area contributed by atoms with Gasteiger partial charge in [-0.05, 0) is 12.3 Å². The van der Waals surface area contributed by atoms with Crippen LogP contribution in [0.5, 0.6) is 0 Å². The second-order valence-electron chi connectivity index (χ2n) is 4.38. The lowest BCUT2D eigenvalue weighted by Crippen LogP contribution is -2.49. The number of halogens is 1. The summed E-state index contributed by atoms with van der Waals surface area (Å²) in [6.45, 7) is 5.47. The van der Waals surface area contributed by atoms with Gasteiger partial charge in [0.2, 0.25) is 5.91 Å². The molecule has 0 aromatic heterocycles. The van der Waals surface area contributed by atoms with Crippen molar-refractivity contribution in [2.75, 3.05) is 20.3 Å². The van der Waals surface area contributed by atoms with Gasteiger partial charge in [0, 0.05) is 13.7 Å². The van der Waals surface area contributed by atoms with Gasteiger partial charge < -0.3 is 15.4 Å². The third kappa shape index (κ3) is 3.61. The summed E-state index contributed by atoms with van der Waals surface area (Å²) in [5, 5.41) is 0. The van der Waals surface area contributed by atoms with Gasteiger partial charge in [-0.25, -0.2) is 0 Å². The zero-order valence-electron chi connectivity index (χ0n) is 10.3. The van der Waals surface area contributed by atoms with Crippen molar-refractivity contribution in [2.45, 2.75) is 38.8 Å². The molecule has 1 rings (SSSR count). The summed E-state index contributed by atoms with van der Waals surface area (Å²) in [4.78, 5) is 13.7. The highest BCUT2D eigenvalue weighted by atomic mass is 35.5. The molecule has 0 bridgehead atoms. The van der Waals surface area contributed by atoms with Crippen molar-refractivity contribution >= 4 is 18.3 Å². The van der Waals surface area contributed by atoms with Crippen molar-refractivity contribution in [1.29, 1.82) is 0 Å². The molecule has 4 nitrogen and oxygen atoms in total. The Morgan fingerprint density at radius 2 is 2.25 bits per heavy atom. The molecule has 5 heteroatoms. The van der Waals surface area contributed by atoms with Gasteiger partial charge in [0.15, 0.2) is 0 Å². The Kier molecular flexibility index (Phi) is 6.95. The standard InChI is InChI=1S/C11H22N2O2.ClH/c1-4-8(2)10(12)11(14)13(3)9-5-6-15-7-9;/h8-10H,4-7,12H2,1-3H3;1H. The summed E-state index contributed by atoms with van der Waals surface area (Å²) in [5.74, 6) is 0.280. The summed E-state index contributed by atoms with van der Waals surface area (Å²) in [6.07, 6.45) is 1.86. The summed E-state index contributed by atoms with van der Waals surface area (Å²) in [7, 11) is 1.82. The first-order valence-electron chi connectivity index (χ1n) is 5.68. The van der Waals surface area contributed by atoms with E-state index in [1.165, 1.54) is 0 Å². The van der Waals surface area contributed by atoms with E-state index in [0.717, 1.165) is 19.4 Å². The second-order valence-corrected chi connectivity index (χ2v) is 4.38. The lowest BCUT2D eigenvalue weighted by Gasteiger charge is -2.28. The van der Waals surface area contributed by atoms with Crippen LogP contribution in [0.1, 0.15) is 26.7 Å². The highest BCUT2D eigenvalue weighted by Crippen LogP contribution is 2.14. The maximum Gasteiger partial charge on any atom is 0.239 e. The molecule has 1 aliphatic heterocycles. The maximum absolute atomic E-state index is 12.0. The first-order valence-corrected chi connectivity index (χ1v) is 5.68. The molecule has 3 unspecified atom stereocenters. The van der Waals surface area contributed by atoms with Crippen molar-refractivity contribution in [2.24, 2.45) is 11.7 Å². The van der Waals surface area contributed by atoms with Crippen LogP contribution in [0.2, 0.25) is 0 Å². The molecular formula is C11H23ClN2O2. The van der Waals surface area contributed by atoms with Gasteiger partial charge in [0.05, 0.1) is 18.7 Å². The number of nitrogens with zero attached hydrogens (tertiary/aromatic N) is 1. The second kappa shape index (κ2) is 7.09. The molecule has 1 heterocycles. The lowest BCUT2D eigenvalue weighted by atomic mass is 9.98. The predicted molar refractivity (Wildman–Crippen MR) is 66.7 cm³/mol. The molecule has 1 fully saturated rings. The van der Waals surface area contributed by atoms with Crippen molar-refractivity contribution < 1.29 is 9.53 Å². The van der Waals surface area contributed by atoms with E-state index >= 15 is 0 Å². The number of amides is 1. The fourth-order valence-corrected chi connectivity index (χ4v) is 1.74. The third-order valence-corrected chi connectivity index (χ3v) is 3.34. The number of likely N-dealkylation sites (N-methyl/N-ethyl adjacent to an activating group) is 1. The van der Waals surface area contributed by atoms with E-state index in [1.54, 1.807) is 4.90 Å². The van der Waals surface area contributed by atoms with Crippen LogP contribution < -0.4 is 5.73 Å². The molecule has 1 amide bonds. The molecule has 3 atom stereocenters. The average molecular weight is 251 g/mol. The van der Waals surface area contributed by atoms with Crippen LogP contribution in [0.15, 0.2) is 0 Å². The molecule has 0 spiro atoms. The normalized spacial score (nSPS) is 23.4. The molecular weight excluding hydrogens is 228 g/mol. The van der Waals surface area contributed by atoms with Crippen LogP contribution in [0, 0.1) is 5.92 Å². The number of nitrogens with two attached hydrogens (primary N) is 1. The van der Waals surface area contributed by atoms with E-state index in [1.807, 2.05) is 14.0 Å². The molecule has 0 aromatic rings. The van der Waals surface area contributed by atoms with E-state index in [-0.39, 0.29) is 36.3 Å². The lowest BCUT2D eigenvalue weighted by molar-refractivity contribution is -0.134. The van der Waals surface area contributed by atoms with Crippen LogP contribution in [0.25, 0.3) is 0 Å². The quantitative estimate of drug-likeness (QED) is 0.811. The summed E-state index contributed by atoms with van der Waals surface area (Å²) in [5.41, 5.74) is 5.91. The summed E-state index contributed by atoms with van der Waals surface area (Å²) < 4.78 is 5.26. The van der Waals surface area contributed by atoms with Gasteiger partial charge in [-0.3, -0.25) is 4.79 Å². The largest absolute Gasteiger partial charge is 0.379 e. The minimum Gasteiger partial charge on any atom is -0.379 e. The van der Waals surface area contributed by atoms with Gasteiger partial charge in [-0.1, -0.05) is 20.3 Å². The molecule has 2 N–H and O–H groups in total. The first kappa shape index (κ1) is 15.7. The van der Waals surface area contributed by atoms with Gasteiger partial charge in [0.1, 0.15) is 0 Å². The number of hydrogen-bond donors (Lipinski definition) is 1. The van der Waals surface area contributed by atoms with Crippen LogP contribution in [-0.4, -0.2) is 43.2 Å². The predicted octanol–water partition coefficient (Wildman–Crippen LogP) is 1.03. The van der Waals surface area contributed by atoms with Gasteiger partial charge in [0.25, 0.3) is 0 Å². The smallest absolute Gasteiger partial charge is 0.239 e. The molecule has 1 aliphatic rings. The van der Waals surface area contributed by atoms with Crippen LogP contribution in [0.3, 0.4) is 0 Å². The van der Waals surface area contributed by atoms with Gasteiger partial charge in [-0.15, -0.1) is 12.4 Å². The topological polar surface area (TPSA) is 55.6 Å². The Hall–Kier alpha value is -0.320. The van der Waals surface area contributed by atoms with Crippen LogP contribution in [0.4, 0.5) is 0 Å². The Morgan fingerprint density at radius 1 is 1.62 bits per heavy atom. The minimum atomic E-state index is -0.374. The molecule has 96 valence electrons. The molecule has 0 radical (unpaired) electrons. The Bertz CT molecular complexity index is 220. The Morgan fingerprint density at radius 3 is 2.69 bits per heavy atom. The maximum atomic E-state index is 12.0. The fourth-order valence-electron chi connectivity index (χ4n) is 1.74. The van der Waals surface area contributed by atoms with E-state index in [2.05, 4.69) is 6.92 Å². The monoisotopic (exact) mass is 250 g/mol. The van der Waals surface area contributed by atoms with Crippen LogP contribution in [-0.2, 0) is 9.53 Å². The van der Waals surface area contributed by atoms with E-state index in [9.17, 15) is 4.79 Å². The molecule has 0 aromatic carbocycles. The van der Waals surface area contributed by atoms with Gasteiger partial charge >= 0.3 is 0 Å². The molecule has 0 saturated carbocycles. The van der Waals surface area contributed by atoms with Gasteiger partial charge in [-0.2, -0.15) is 0 Å². The Balaban J connectivity index is 0.00000225. The number of carbonyl (C=O) groups is 1. The fraction of sp³-hybridized carbons (Fsp3) is 0.909. The molecule has 1 saturated heterocycles. The van der Waals surface area contributed by atoms with E-state index in [0.29, 0.717) is 6.61 Å². The highest BCUT2D eigenvalue weighted by molar-refractivity contribution is 5.85. The number of ether oxygens (including phenoxy) is 1. The minimum absolute atomic E-state index is 0. The van der Waals surface area contributed by atoms with Crippen LogP contribution >= 0.6 is 12.4 Å². The molecule has 0 aliphatic carbocycles.